The average Bonchev–Trinajstić information content (AvgIpc) is 2.96. The van der Waals surface area contributed by atoms with Crippen LogP contribution in [0.2, 0.25) is 0 Å². The van der Waals surface area contributed by atoms with Crippen molar-refractivity contribution in [3.05, 3.63) is 57.3 Å². The van der Waals surface area contributed by atoms with Crippen molar-refractivity contribution in [3.63, 3.8) is 0 Å². The minimum absolute atomic E-state index is 0. The van der Waals surface area contributed by atoms with Crippen LogP contribution in [0.3, 0.4) is 0 Å². The quantitative estimate of drug-likeness (QED) is 0.364. The van der Waals surface area contributed by atoms with Crippen molar-refractivity contribution in [2.75, 3.05) is 20.6 Å². The lowest BCUT2D eigenvalue weighted by molar-refractivity contribution is 0.402. The summed E-state index contributed by atoms with van der Waals surface area (Å²) in [6, 6.07) is 10.8. The van der Waals surface area contributed by atoms with Crippen molar-refractivity contribution in [3.8, 4) is 0 Å². The number of thiophene rings is 1. The highest BCUT2D eigenvalue weighted by molar-refractivity contribution is 14.0. The molecule has 0 saturated carbocycles. The van der Waals surface area contributed by atoms with Gasteiger partial charge in [0.15, 0.2) is 5.96 Å². The van der Waals surface area contributed by atoms with Crippen molar-refractivity contribution in [1.82, 2.24) is 15.5 Å². The maximum atomic E-state index is 4.69. The summed E-state index contributed by atoms with van der Waals surface area (Å²) in [4.78, 5) is 8.22. The van der Waals surface area contributed by atoms with Gasteiger partial charge in [-0.05, 0) is 56.1 Å². The van der Waals surface area contributed by atoms with Gasteiger partial charge in [0.25, 0.3) is 0 Å². The first kappa shape index (κ1) is 21.9. The lowest BCUT2D eigenvalue weighted by Gasteiger charge is -2.12. The van der Waals surface area contributed by atoms with Gasteiger partial charge in [0.05, 0.1) is 13.1 Å². The van der Waals surface area contributed by atoms with E-state index in [4.69, 9.17) is 4.99 Å². The highest BCUT2D eigenvalue weighted by Gasteiger charge is 2.02. The Bertz CT molecular complexity index is 650. The molecule has 0 aliphatic rings. The molecule has 2 rings (SSSR count). The molecule has 138 valence electrons. The predicted octanol–water partition coefficient (Wildman–Crippen LogP) is 3.99. The van der Waals surface area contributed by atoms with Gasteiger partial charge in [-0.25, -0.2) is 4.99 Å². The summed E-state index contributed by atoms with van der Waals surface area (Å²) >= 11 is 1.78. The van der Waals surface area contributed by atoms with Crippen LogP contribution in [-0.2, 0) is 19.6 Å². The Hall–Kier alpha value is -1.12. The highest BCUT2D eigenvalue weighted by atomic mass is 127. The Morgan fingerprint density at radius 3 is 2.32 bits per heavy atom. The van der Waals surface area contributed by atoms with E-state index in [1.807, 2.05) is 0 Å². The maximum absolute atomic E-state index is 4.69. The van der Waals surface area contributed by atoms with Crippen LogP contribution in [-0.4, -0.2) is 31.5 Å². The van der Waals surface area contributed by atoms with Crippen LogP contribution in [0.4, 0.5) is 0 Å². The van der Waals surface area contributed by atoms with Crippen LogP contribution in [0.5, 0.6) is 0 Å². The van der Waals surface area contributed by atoms with Gasteiger partial charge < -0.3 is 15.5 Å². The molecular weight excluding hydrogens is 443 g/mol. The third-order valence-electron chi connectivity index (χ3n) is 3.67. The molecule has 2 aromatic rings. The predicted molar refractivity (Wildman–Crippen MR) is 120 cm³/mol. The summed E-state index contributed by atoms with van der Waals surface area (Å²) in [7, 11) is 4.17. The first-order valence-corrected chi connectivity index (χ1v) is 9.24. The smallest absolute Gasteiger partial charge is 0.191 e. The van der Waals surface area contributed by atoms with E-state index in [0.717, 1.165) is 25.6 Å². The molecule has 0 bridgehead atoms. The normalized spacial score (nSPS) is 11.3. The summed E-state index contributed by atoms with van der Waals surface area (Å²) in [6.07, 6.45) is 0. The number of halogens is 1. The van der Waals surface area contributed by atoms with Crippen molar-refractivity contribution in [2.24, 2.45) is 4.99 Å². The molecule has 0 unspecified atom stereocenters. The lowest BCUT2D eigenvalue weighted by Crippen LogP contribution is -2.36. The zero-order valence-electron chi connectivity index (χ0n) is 15.5. The molecule has 0 spiro atoms. The molecule has 0 aliphatic carbocycles. The largest absolute Gasteiger partial charge is 0.357 e. The van der Waals surface area contributed by atoms with Gasteiger partial charge in [0, 0.05) is 18.0 Å². The fourth-order valence-corrected chi connectivity index (χ4v) is 3.22. The lowest BCUT2D eigenvalue weighted by atomic mass is 10.1. The fourth-order valence-electron chi connectivity index (χ4n) is 2.38. The number of guanidine groups is 1. The number of rotatable bonds is 7. The summed E-state index contributed by atoms with van der Waals surface area (Å²) in [5.41, 5.74) is 3.88. The molecule has 2 N–H and O–H groups in total. The Labute approximate surface area is 172 Å². The monoisotopic (exact) mass is 472 g/mol. The molecule has 0 aliphatic heterocycles. The maximum Gasteiger partial charge on any atom is 0.191 e. The standard InChI is InChI=1S/C19H28N4S.HI/c1-5-20-19(22-13-18-15(2)10-11-24-18)21-12-16-6-8-17(9-7-16)14-23(3)4;/h6-11H,5,12-14H2,1-4H3,(H2,20,21,22);1H. The van der Waals surface area contributed by atoms with Crippen molar-refractivity contribution >= 4 is 41.3 Å². The van der Waals surface area contributed by atoms with E-state index in [2.05, 4.69) is 79.2 Å². The van der Waals surface area contributed by atoms with Gasteiger partial charge >= 0.3 is 0 Å². The number of hydrogen-bond donors (Lipinski definition) is 2. The van der Waals surface area contributed by atoms with E-state index in [9.17, 15) is 0 Å². The Morgan fingerprint density at radius 1 is 1.08 bits per heavy atom. The highest BCUT2D eigenvalue weighted by Crippen LogP contribution is 2.14. The Morgan fingerprint density at radius 2 is 1.76 bits per heavy atom. The van der Waals surface area contributed by atoms with Gasteiger partial charge in [0.1, 0.15) is 0 Å². The third kappa shape index (κ3) is 7.75. The zero-order chi connectivity index (χ0) is 17.4. The van der Waals surface area contributed by atoms with Crippen LogP contribution >= 0.6 is 35.3 Å². The molecular formula is C19H29IN4S. The van der Waals surface area contributed by atoms with Gasteiger partial charge in [-0.3, -0.25) is 0 Å². The van der Waals surface area contributed by atoms with E-state index >= 15 is 0 Å². The SMILES string of the molecule is CCNC(=NCc1ccc(CN(C)C)cc1)NCc1sccc1C.I. The van der Waals surface area contributed by atoms with Gasteiger partial charge in [-0.15, -0.1) is 35.3 Å². The molecule has 1 heterocycles. The van der Waals surface area contributed by atoms with Gasteiger partial charge in [-0.1, -0.05) is 24.3 Å². The summed E-state index contributed by atoms with van der Waals surface area (Å²) in [5.74, 6) is 0.864. The number of aliphatic imine (C=N–C) groups is 1. The Kier molecular flexibility index (Phi) is 10.1. The molecule has 6 heteroatoms. The van der Waals surface area contributed by atoms with Crippen LogP contribution in [0.1, 0.15) is 28.5 Å². The summed E-state index contributed by atoms with van der Waals surface area (Å²) < 4.78 is 0. The zero-order valence-corrected chi connectivity index (χ0v) is 18.7. The minimum Gasteiger partial charge on any atom is -0.357 e. The molecule has 25 heavy (non-hydrogen) atoms. The van der Waals surface area contributed by atoms with Crippen LogP contribution < -0.4 is 10.6 Å². The van der Waals surface area contributed by atoms with Crippen LogP contribution in [0, 0.1) is 6.92 Å². The van der Waals surface area contributed by atoms with Crippen molar-refractivity contribution in [1.29, 1.82) is 0 Å². The second-order valence-corrected chi connectivity index (χ2v) is 7.13. The molecule has 0 amide bonds. The number of nitrogens with one attached hydrogen (secondary N) is 2. The Balaban J connectivity index is 0.00000312. The van der Waals surface area contributed by atoms with E-state index in [-0.39, 0.29) is 24.0 Å². The van der Waals surface area contributed by atoms with Crippen molar-refractivity contribution < 1.29 is 0 Å². The van der Waals surface area contributed by atoms with E-state index in [1.165, 1.54) is 21.6 Å². The first-order valence-electron chi connectivity index (χ1n) is 8.36. The second kappa shape index (κ2) is 11.5. The second-order valence-electron chi connectivity index (χ2n) is 6.13. The van der Waals surface area contributed by atoms with E-state index in [1.54, 1.807) is 11.3 Å². The number of hydrogen-bond acceptors (Lipinski definition) is 3. The van der Waals surface area contributed by atoms with Crippen LogP contribution in [0.15, 0.2) is 40.7 Å². The number of nitrogens with zero attached hydrogens (tertiary/aromatic N) is 2. The summed E-state index contributed by atoms with van der Waals surface area (Å²) in [6.45, 7) is 7.56. The first-order chi connectivity index (χ1) is 11.6. The van der Waals surface area contributed by atoms with Crippen molar-refractivity contribution in [2.45, 2.75) is 33.5 Å². The van der Waals surface area contributed by atoms with E-state index < -0.39 is 0 Å². The average molecular weight is 472 g/mol. The van der Waals surface area contributed by atoms with Gasteiger partial charge in [0.2, 0.25) is 0 Å². The molecule has 0 fully saturated rings. The van der Waals surface area contributed by atoms with E-state index in [0.29, 0.717) is 6.54 Å². The number of aryl methyl sites for hydroxylation is 1. The van der Waals surface area contributed by atoms with Crippen LogP contribution in [0.25, 0.3) is 0 Å². The fraction of sp³-hybridized carbons (Fsp3) is 0.421. The minimum atomic E-state index is 0. The molecule has 0 radical (unpaired) electrons. The third-order valence-corrected chi connectivity index (χ3v) is 4.69. The topological polar surface area (TPSA) is 39.7 Å². The number of benzene rings is 1. The summed E-state index contributed by atoms with van der Waals surface area (Å²) in [5, 5.41) is 8.85. The van der Waals surface area contributed by atoms with Gasteiger partial charge in [-0.2, -0.15) is 0 Å². The molecule has 0 atom stereocenters. The molecule has 1 aromatic heterocycles. The molecule has 4 nitrogen and oxygen atoms in total. The molecule has 0 saturated heterocycles. The molecule has 1 aromatic carbocycles.